The van der Waals surface area contributed by atoms with Crippen LogP contribution in [0.3, 0.4) is 0 Å². The second-order valence-corrected chi connectivity index (χ2v) is 8.63. The van der Waals surface area contributed by atoms with Gasteiger partial charge in [-0.3, -0.25) is 9.78 Å². The summed E-state index contributed by atoms with van der Waals surface area (Å²) < 4.78 is 52.5. The molecule has 0 radical (unpaired) electrons. The number of hydrogen-bond donors (Lipinski definition) is 1. The van der Waals surface area contributed by atoms with Crippen molar-refractivity contribution in [3.05, 3.63) is 40.9 Å². The summed E-state index contributed by atoms with van der Waals surface area (Å²) in [6.45, 7) is 1.88. The standard InChI is InChI=1S/C14H22F4.C8H6N2O/c1-10-9-14(17,18)7-4-12(10)8-11-2-5-13(15,16)6-3-11;11-8-2-4-10-7-1-3-9-5-6(7)8/h10-12H,2-9H2,1H3;1-5H,(H,10,11)/t10-,12?;/m0./s1. The SMILES string of the molecule is C[C@H]1CC(F)(F)CCC1CC1CCC(F)(F)CC1.O=c1cc[nH]c2ccncc12. The Hall–Kier alpha value is -1.92. The van der Waals surface area contributed by atoms with Crippen molar-refractivity contribution in [3.8, 4) is 0 Å². The Labute approximate surface area is 167 Å². The van der Waals surface area contributed by atoms with Gasteiger partial charge in [0.25, 0.3) is 0 Å². The Morgan fingerprint density at radius 3 is 2.41 bits per heavy atom. The van der Waals surface area contributed by atoms with Crippen molar-refractivity contribution < 1.29 is 17.6 Å². The Kier molecular flexibility index (Phi) is 6.64. The van der Waals surface area contributed by atoms with Crippen LogP contribution in [0.15, 0.2) is 35.5 Å². The predicted molar refractivity (Wildman–Crippen MR) is 105 cm³/mol. The number of aromatic nitrogens is 2. The summed E-state index contributed by atoms with van der Waals surface area (Å²) in [5.41, 5.74) is 0.833. The molecule has 7 heteroatoms. The number of rotatable bonds is 2. The third kappa shape index (κ3) is 6.03. The van der Waals surface area contributed by atoms with Gasteiger partial charge in [-0.2, -0.15) is 0 Å². The van der Waals surface area contributed by atoms with Gasteiger partial charge in [-0.15, -0.1) is 0 Å². The molecule has 0 aliphatic heterocycles. The van der Waals surface area contributed by atoms with E-state index in [1.54, 1.807) is 24.7 Å². The van der Waals surface area contributed by atoms with Crippen molar-refractivity contribution >= 4 is 10.9 Å². The first-order chi connectivity index (χ1) is 13.7. The summed E-state index contributed by atoms with van der Waals surface area (Å²) >= 11 is 0. The Balaban J connectivity index is 0.000000186. The number of alkyl halides is 4. The summed E-state index contributed by atoms with van der Waals surface area (Å²) in [5, 5.41) is 0.634. The van der Waals surface area contributed by atoms with E-state index in [1.807, 2.05) is 6.92 Å². The Bertz CT molecular complexity index is 852. The fourth-order valence-corrected chi connectivity index (χ4v) is 4.55. The molecule has 2 atom stereocenters. The average Bonchev–Trinajstić information content (AvgIpc) is 2.66. The molecule has 2 aromatic rings. The topological polar surface area (TPSA) is 45.8 Å². The lowest BCUT2D eigenvalue weighted by Crippen LogP contribution is -2.33. The smallest absolute Gasteiger partial charge is 0.248 e. The van der Waals surface area contributed by atoms with E-state index in [-0.39, 0.29) is 37.0 Å². The monoisotopic (exact) mass is 412 g/mol. The van der Waals surface area contributed by atoms with Crippen molar-refractivity contribution in [1.29, 1.82) is 0 Å². The zero-order valence-electron chi connectivity index (χ0n) is 16.6. The van der Waals surface area contributed by atoms with Crippen LogP contribution in [-0.4, -0.2) is 21.8 Å². The number of H-pyrrole nitrogens is 1. The number of fused-ring (bicyclic) bond motifs is 1. The maximum atomic E-state index is 13.2. The van der Waals surface area contributed by atoms with Gasteiger partial charge >= 0.3 is 0 Å². The molecule has 4 rings (SSSR count). The maximum Gasteiger partial charge on any atom is 0.248 e. The molecule has 2 fully saturated rings. The summed E-state index contributed by atoms with van der Waals surface area (Å²) in [5.74, 6) is -4.33. The lowest BCUT2D eigenvalue weighted by molar-refractivity contribution is -0.0750. The van der Waals surface area contributed by atoms with Crippen LogP contribution in [0.1, 0.15) is 58.3 Å². The third-order valence-electron chi connectivity index (χ3n) is 6.34. The molecule has 2 aliphatic carbocycles. The second-order valence-electron chi connectivity index (χ2n) is 8.63. The lowest BCUT2D eigenvalue weighted by Gasteiger charge is -2.37. The molecule has 160 valence electrons. The number of nitrogens with one attached hydrogen (secondary N) is 1. The molecule has 0 spiro atoms. The molecule has 2 aromatic heterocycles. The molecular weight excluding hydrogens is 384 g/mol. The molecule has 1 unspecified atom stereocenters. The normalized spacial score (nSPS) is 26.5. The van der Waals surface area contributed by atoms with Gasteiger partial charge in [0.05, 0.1) is 10.9 Å². The number of pyridine rings is 2. The molecular formula is C22H28F4N2O. The first-order valence-electron chi connectivity index (χ1n) is 10.3. The minimum atomic E-state index is -2.50. The van der Waals surface area contributed by atoms with Crippen LogP contribution >= 0.6 is 0 Å². The van der Waals surface area contributed by atoms with Gasteiger partial charge in [0, 0.05) is 50.3 Å². The lowest BCUT2D eigenvalue weighted by atomic mass is 9.71. The highest BCUT2D eigenvalue weighted by atomic mass is 19.3. The van der Waals surface area contributed by atoms with E-state index in [9.17, 15) is 22.4 Å². The highest BCUT2D eigenvalue weighted by molar-refractivity contribution is 5.76. The molecule has 2 saturated carbocycles. The van der Waals surface area contributed by atoms with Crippen molar-refractivity contribution in [2.45, 2.75) is 70.1 Å². The molecule has 3 nitrogen and oxygen atoms in total. The van der Waals surface area contributed by atoms with Crippen LogP contribution in [-0.2, 0) is 0 Å². The van der Waals surface area contributed by atoms with Crippen LogP contribution in [0.2, 0.25) is 0 Å². The molecule has 0 saturated heterocycles. The maximum absolute atomic E-state index is 13.2. The minimum absolute atomic E-state index is 0.00634. The molecule has 1 N–H and O–H groups in total. The van der Waals surface area contributed by atoms with E-state index in [0.717, 1.165) is 11.9 Å². The van der Waals surface area contributed by atoms with Crippen molar-refractivity contribution in [2.24, 2.45) is 17.8 Å². The summed E-state index contributed by atoms with van der Waals surface area (Å²) in [6, 6.07) is 3.26. The number of halogens is 4. The van der Waals surface area contributed by atoms with Gasteiger partial charge in [0.1, 0.15) is 0 Å². The highest BCUT2D eigenvalue weighted by Gasteiger charge is 2.41. The molecule has 2 aliphatic rings. The van der Waals surface area contributed by atoms with E-state index in [2.05, 4.69) is 9.97 Å². The predicted octanol–water partition coefficient (Wildman–Crippen LogP) is 6.20. The van der Waals surface area contributed by atoms with Crippen LogP contribution in [0.4, 0.5) is 17.6 Å². The fourth-order valence-electron chi connectivity index (χ4n) is 4.55. The molecule has 0 aromatic carbocycles. The van der Waals surface area contributed by atoms with Gasteiger partial charge in [0.15, 0.2) is 5.43 Å². The van der Waals surface area contributed by atoms with Crippen LogP contribution < -0.4 is 5.43 Å². The van der Waals surface area contributed by atoms with Gasteiger partial charge in [0.2, 0.25) is 11.8 Å². The summed E-state index contributed by atoms with van der Waals surface area (Å²) in [7, 11) is 0. The van der Waals surface area contributed by atoms with Crippen molar-refractivity contribution in [1.82, 2.24) is 9.97 Å². The van der Waals surface area contributed by atoms with Gasteiger partial charge in [-0.05, 0) is 49.5 Å². The van der Waals surface area contributed by atoms with E-state index >= 15 is 0 Å². The van der Waals surface area contributed by atoms with Gasteiger partial charge in [-0.1, -0.05) is 6.92 Å². The van der Waals surface area contributed by atoms with E-state index < -0.39 is 11.8 Å². The second kappa shape index (κ2) is 8.84. The zero-order chi connectivity index (χ0) is 21.1. The average molecular weight is 412 g/mol. The van der Waals surface area contributed by atoms with Crippen LogP contribution in [0.5, 0.6) is 0 Å². The zero-order valence-corrected chi connectivity index (χ0v) is 16.6. The number of nitrogens with zero attached hydrogens (tertiary/aromatic N) is 1. The Morgan fingerprint density at radius 1 is 1.07 bits per heavy atom. The molecule has 0 amide bonds. The number of aromatic amines is 1. The summed E-state index contributed by atoms with van der Waals surface area (Å²) in [6.07, 6.45) is 7.31. The van der Waals surface area contributed by atoms with E-state index in [0.29, 0.717) is 36.5 Å². The van der Waals surface area contributed by atoms with Gasteiger partial charge < -0.3 is 4.98 Å². The quantitative estimate of drug-likeness (QED) is 0.597. The first kappa shape index (κ1) is 21.8. The Morgan fingerprint density at radius 2 is 1.76 bits per heavy atom. The largest absolute Gasteiger partial charge is 0.361 e. The molecule has 2 heterocycles. The number of hydrogen-bond acceptors (Lipinski definition) is 2. The van der Waals surface area contributed by atoms with Crippen LogP contribution in [0.25, 0.3) is 10.9 Å². The van der Waals surface area contributed by atoms with Crippen molar-refractivity contribution in [3.63, 3.8) is 0 Å². The summed E-state index contributed by atoms with van der Waals surface area (Å²) in [4.78, 5) is 17.9. The van der Waals surface area contributed by atoms with Crippen molar-refractivity contribution in [2.75, 3.05) is 0 Å². The van der Waals surface area contributed by atoms with Gasteiger partial charge in [-0.25, -0.2) is 17.6 Å². The van der Waals surface area contributed by atoms with E-state index in [4.69, 9.17) is 0 Å². The third-order valence-corrected chi connectivity index (χ3v) is 6.34. The fraction of sp³-hybridized carbons (Fsp3) is 0.636. The van der Waals surface area contributed by atoms with E-state index in [1.165, 1.54) is 6.07 Å². The highest BCUT2D eigenvalue weighted by Crippen LogP contribution is 2.45. The molecule has 29 heavy (non-hydrogen) atoms. The van der Waals surface area contributed by atoms with Crippen LogP contribution in [0, 0.1) is 17.8 Å². The minimum Gasteiger partial charge on any atom is -0.361 e. The first-order valence-corrected chi connectivity index (χ1v) is 10.3. The molecule has 0 bridgehead atoms.